The van der Waals surface area contributed by atoms with Gasteiger partial charge in [0.1, 0.15) is 0 Å². The number of benzene rings is 1. The first-order valence-electron chi connectivity index (χ1n) is 7.17. The highest BCUT2D eigenvalue weighted by Gasteiger charge is 2.39. The molecule has 1 aromatic rings. The molecule has 0 radical (unpaired) electrons. The van der Waals surface area contributed by atoms with E-state index in [9.17, 15) is 23.1 Å². The number of carbonyl (C=O) groups excluding carboxylic acids is 2. The smallest absolute Gasteiger partial charge is 0.238 e. The average molecular weight is 340 g/mol. The van der Waals surface area contributed by atoms with Crippen LogP contribution in [0.3, 0.4) is 0 Å². The topological polar surface area (TPSA) is 104 Å². The highest BCUT2D eigenvalue weighted by atomic mass is 32.2. The molecule has 1 amide bonds. The predicted octanol–water partition coefficient (Wildman–Crippen LogP) is -0.0826. The summed E-state index contributed by atoms with van der Waals surface area (Å²) < 4.78 is 23.0. The minimum absolute atomic E-state index is 0.0360. The zero-order valence-electron chi connectivity index (χ0n) is 13.0. The van der Waals surface area contributed by atoms with Crippen molar-refractivity contribution in [1.82, 2.24) is 4.90 Å². The molecule has 0 aromatic heterocycles. The number of carbonyl (C=O) groups is 2. The molecule has 8 heteroatoms. The summed E-state index contributed by atoms with van der Waals surface area (Å²) in [6.45, 7) is 1.43. The number of hydrogen-bond acceptors (Lipinski definition) is 6. The van der Waals surface area contributed by atoms with Crippen molar-refractivity contribution in [2.24, 2.45) is 0 Å². The number of amides is 1. The van der Waals surface area contributed by atoms with Gasteiger partial charge in [0.15, 0.2) is 15.6 Å². The van der Waals surface area contributed by atoms with Gasteiger partial charge in [0.05, 0.1) is 30.2 Å². The molecule has 23 heavy (non-hydrogen) atoms. The van der Waals surface area contributed by atoms with Gasteiger partial charge in [0.2, 0.25) is 5.91 Å². The van der Waals surface area contributed by atoms with Crippen molar-refractivity contribution >= 4 is 27.2 Å². The Morgan fingerprint density at radius 2 is 1.87 bits per heavy atom. The normalized spacial score (nSPS) is 23.0. The minimum atomic E-state index is -3.25. The summed E-state index contributed by atoms with van der Waals surface area (Å²) in [6, 6.07) is 5.92. The molecule has 0 aliphatic carbocycles. The van der Waals surface area contributed by atoms with E-state index in [2.05, 4.69) is 5.32 Å². The van der Waals surface area contributed by atoms with Crippen LogP contribution < -0.4 is 5.32 Å². The molecule has 1 aliphatic rings. The maximum atomic E-state index is 12.0. The van der Waals surface area contributed by atoms with Gasteiger partial charge < -0.3 is 10.4 Å². The van der Waals surface area contributed by atoms with Crippen molar-refractivity contribution in [3.8, 4) is 0 Å². The number of Topliss-reactive ketones (excluding diaryl/α,β-unsaturated/α-hetero) is 1. The summed E-state index contributed by atoms with van der Waals surface area (Å²) in [4.78, 5) is 24.7. The van der Waals surface area contributed by atoms with Gasteiger partial charge >= 0.3 is 0 Å². The summed E-state index contributed by atoms with van der Waals surface area (Å²) >= 11 is 0. The van der Waals surface area contributed by atoms with Crippen LogP contribution in [0, 0.1) is 0 Å². The van der Waals surface area contributed by atoms with Crippen molar-refractivity contribution in [3.05, 3.63) is 29.8 Å². The van der Waals surface area contributed by atoms with E-state index in [0.29, 0.717) is 11.3 Å². The van der Waals surface area contributed by atoms with Crippen molar-refractivity contribution in [1.29, 1.82) is 0 Å². The standard InChI is InChI=1S/C15H20N2O5S/c1-10(18)11-3-5-12(6-4-11)16-15(20)7-17(2)13-8-23(21,22)9-14(13)19/h3-6,13-14,19H,7-9H2,1-2H3,(H,16,20). The first kappa shape index (κ1) is 17.6. The lowest BCUT2D eigenvalue weighted by Crippen LogP contribution is -2.44. The molecular formula is C15H20N2O5S. The molecule has 2 N–H and O–H groups in total. The van der Waals surface area contributed by atoms with Crippen LogP contribution in [-0.2, 0) is 14.6 Å². The molecule has 1 fully saturated rings. The second-order valence-electron chi connectivity index (χ2n) is 5.81. The van der Waals surface area contributed by atoms with E-state index in [1.54, 1.807) is 31.3 Å². The van der Waals surface area contributed by atoms with E-state index >= 15 is 0 Å². The fourth-order valence-corrected chi connectivity index (χ4v) is 4.44. The average Bonchev–Trinajstić information content (AvgIpc) is 2.72. The number of nitrogens with one attached hydrogen (secondary N) is 1. The molecule has 2 unspecified atom stereocenters. The van der Waals surface area contributed by atoms with Crippen LogP contribution in [-0.4, -0.2) is 67.4 Å². The van der Waals surface area contributed by atoms with Gasteiger partial charge in [-0.25, -0.2) is 8.42 Å². The Morgan fingerprint density at radius 1 is 1.26 bits per heavy atom. The van der Waals surface area contributed by atoms with Crippen molar-refractivity contribution in [3.63, 3.8) is 0 Å². The number of sulfone groups is 1. The molecule has 1 aromatic carbocycles. The summed E-state index contributed by atoms with van der Waals surface area (Å²) in [7, 11) is -1.65. The lowest BCUT2D eigenvalue weighted by molar-refractivity contribution is -0.117. The van der Waals surface area contributed by atoms with Crippen LogP contribution in [0.5, 0.6) is 0 Å². The number of nitrogens with zero attached hydrogens (tertiary/aromatic N) is 1. The largest absolute Gasteiger partial charge is 0.390 e. The van der Waals surface area contributed by atoms with Crippen LogP contribution in [0.1, 0.15) is 17.3 Å². The lowest BCUT2D eigenvalue weighted by atomic mass is 10.1. The van der Waals surface area contributed by atoms with Gasteiger partial charge in [-0.05, 0) is 38.2 Å². The molecule has 2 rings (SSSR count). The second-order valence-corrected chi connectivity index (χ2v) is 7.96. The molecule has 0 spiro atoms. The van der Waals surface area contributed by atoms with E-state index in [-0.39, 0.29) is 29.7 Å². The van der Waals surface area contributed by atoms with E-state index in [0.717, 1.165) is 0 Å². The lowest BCUT2D eigenvalue weighted by Gasteiger charge is -2.25. The fourth-order valence-electron chi connectivity index (χ4n) is 2.56. The van der Waals surface area contributed by atoms with E-state index in [4.69, 9.17) is 0 Å². The van der Waals surface area contributed by atoms with Crippen LogP contribution in [0.25, 0.3) is 0 Å². The Kier molecular flexibility index (Phi) is 5.18. The Labute approximate surface area is 135 Å². The molecule has 1 heterocycles. The number of aliphatic hydroxyl groups is 1. The van der Waals surface area contributed by atoms with Crippen LogP contribution >= 0.6 is 0 Å². The number of hydrogen-bond donors (Lipinski definition) is 2. The summed E-state index contributed by atoms with van der Waals surface area (Å²) in [6.07, 6.45) is -0.979. The third-order valence-electron chi connectivity index (χ3n) is 3.83. The highest BCUT2D eigenvalue weighted by molar-refractivity contribution is 7.91. The van der Waals surface area contributed by atoms with E-state index in [1.807, 2.05) is 0 Å². The summed E-state index contributed by atoms with van der Waals surface area (Å²) in [5.41, 5.74) is 1.10. The van der Waals surface area contributed by atoms with Gasteiger partial charge in [-0.3, -0.25) is 14.5 Å². The first-order valence-corrected chi connectivity index (χ1v) is 8.99. The summed E-state index contributed by atoms with van der Waals surface area (Å²) in [5, 5.41) is 12.5. The van der Waals surface area contributed by atoms with Gasteiger partial charge in [0.25, 0.3) is 0 Å². The molecule has 0 bridgehead atoms. The first-order chi connectivity index (χ1) is 10.7. The quantitative estimate of drug-likeness (QED) is 0.727. The third kappa shape index (κ3) is 4.60. The number of aliphatic hydroxyl groups excluding tert-OH is 1. The monoisotopic (exact) mass is 340 g/mol. The van der Waals surface area contributed by atoms with Crippen molar-refractivity contribution < 1.29 is 23.1 Å². The van der Waals surface area contributed by atoms with E-state index < -0.39 is 22.0 Å². The third-order valence-corrected chi connectivity index (χ3v) is 5.53. The van der Waals surface area contributed by atoms with Crippen molar-refractivity contribution in [2.75, 3.05) is 30.4 Å². The maximum absolute atomic E-state index is 12.0. The van der Waals surface area contributed by atoms with E-state index in [1.165, 1.54) is 11.8 Å². The Balaban J connectivity index is 1.93. The SMILES string of the molecule is CC(=O)c1ccc(NC(=O)CN(C)C2CS(=O)(=O)CC2O)cc1. The van der Waals surface area contributed by atoms with Gasteiger partial charge in [-0.1, -0.05) is 0 Å². The zero-order valence-corrected chi connectivity index (χ0v) is 13.8. The number of rotatable bonds is 5. The Morgan fingerprint density at radius 3 is 2.35 bits per heavy atom. The summed E-state index contributed by atoms with van der Waals surface area (Å²) in [5.74, 6) is -0.792. The van der Waals surface area contributed by atoms with Crippen molar-refractivity contribution in [2.45, 2.75) is 19.1 Å². The maximum Gasteiger partial charge on any atom is 0.238 e. The Bertz CT molecular complexity index is 699. The number of likely N-dealkylation sites (N-methyl/N-ethyl adjacent to an activating group) is 1. The van der Waals surface area contributed by atoms with Gasteiger partial charge in [0, 0.05) is 11.3 Å². The fraction of sp³-hybridized carbons (Fsp3) is 0.467. The Hall–Kier alpha value is -1.77. The zero-order chi connectivity index (χ0) is 17.2. The molecule has 2 atom stereocenters. The van der Waals surface area contributed by atoms with Gasteiger partial charge in [-0.15, -0.1) is 0 Å². The van der Waals surface area contributed by atoms with Gasteiger partial charge in [-0.2, -0.15) is 0 Å². The minimum Gasteiger partial charge on any atom is -0.390 e. The highest BCUT2D eigenvalue weighted by Crippen LogP contribution is 2.17. The molecule has 126 valence electrons. The molecular weight excluding hydrogens is 320 g/mol. The molecule has 0 saturated carbocycles. The van der Waals surface area contributed by atoms with Crippen LogP contribution in [0.2, 0.25) is 0 Å². The number of anilines is 1. The van der Waals surface area contributed by atoms with Crippen LogP contribution in [0.4, 0.5) is 5.69 Å². The predicted molar refractivity (Wildman–Crippen MR) is 86.2 cm³/mol. The number of ketones is 1. The molecule has 1 aliphatic heterocycles. The van der Waals surface area contributed by atoms with Crippen LogP contribution in [0.15, 0.2) is 24.3 Å². The second kappa shape index (κ2) is 6.77. The molecule has 1 saturated heterocycles. The molecule has 7 nitrogen and oxygen atoms in total.